The van der Waals surface area contributed by atoms with Crippen molar-refractivity contribution in [3.63, 3.8) is 0 Å². The number of halogens is 2. The molecule has 1 saturated carbocycles. The molecule has 0 radical (unpaired) electrons. The van der Waals surface area contributed by atoms with E-state index in [2.05, 4.69) is 44.1 Å². The van der Waals surface area contributed by atoms with Gasteiger partial charge in [-0.25, -0.2) is 0 Å². The molecule has 1 aromatic carbocycles. The second-order valence-corrected chi connectivity index (χ2v) is 7.56. The Morgan fingerprint density at radius 3 is 2.35 bits per heavy atom. The van der Waals surface area contributed by atoms with Crippen molar-refractivity contribution in [1.29, 1.82) is 0 Å². The number of rotatable bonds is 3. The number of nitrogens with one attached hydrogen (secondary N) is 1. The summed E-state index contributed by atoms with van der Waals surface area (Å²) in [6.45, 7) is 2.22. The molecular formula is C15H19Br2NO2. The number of aliphatic hydroxyl groups excluding tert-OH is 1. The summed E-state index contributed by atoms with van der Waals surface area (Å²) in [6, 6.07) is 5.47. The van der Waals surface area contributed by atoms with E-state index >= 15 is 0 Å². The van der Waals surface area contributed by atoms with Gasteiger partial charge in [0.1, 0.15) is 0 Å². The highest BCUT2D eigenvalue weighted by Crippen LogP contribution is 2.32. The summed E-state index contributed by atoms with van der Waals surface area (Å²) in [5, 5.41) is 12.7. The van der Waals surface area contributed by atoms with Crippen molar-refractivity contribution < 1.29 is 9.90 Å². The Hall–Kier alpha value is -0.390. The lowest BCUT2D eigenvalue weighted by Crippen LogP contribution is -2.53. The van der Waals surface area contributed by atoms with Crippen LogP contribution in [0.25, 0.3) is 0 Å². The second kappa shape index (κ2) is 6.58. The maximum absolute atomic E-state index is 12.4. The quantitative estimate of drug-likeness (QED) is 0.802. The van der Waals surface area contributed by atoms with Crippen LogP contribution in [0, 0.1) is 5.92 Å². The van der Waals surface area contributed by atoms with E-state index in [1.165, 1.54) is 0 Å². The third kappa shape index (κ3) is 3.83. The zero-order valence-electron chi connectivity index (χ0n) is 11.5. The molecule has 1 aromatic rings. The fourth-order valence-corrected chi connectivity index (χ4v) is 3.93. The topological polar surface area (TPSA) is 49.3 Å². The summed E-state index contributed by atoms with van der Waals surface area (Å²) in [7, 11) is 0. The lowest BCUT2D eigenvalue weighted by Gasteiger charge is -2.38. The van der Waals surface area contributed by atoms with E-state index in [0.29, 0.717) is 11.5 Å². The Morgan fingerprint density at radius 2 is 1.85 bits per heavy atom. The molecule has 110 valence electrons. The zero-order chi connectivity index (χ0) is 14.8. The molecule has 1 aliphatic carbocycles. The maximum atomic E-state index is 12.4. The van der Waals surface area contributed by atoms with Crippen LogP contribution in [0.5, 0.6) is 0 Å². The van der Waals surface area contributed by atoms with Gasteiger partial charge in [0.05, 0.1) is 12.1 Å². The monoisotopic (exact) mass is 403 g/mol. The first-order chi connectivity index (χ1) is 9.44. The van der Waals surface area contributed by atoms with Gasteiger partial charge < -0.3 is 10.4 Å². The molecule has 3 nitrogen and oxygen atoms in total. The SMILES string of the molecule is CC1CCC(CO)(NC(=O)c2cc(Br)cc(Br)c2)CC1. The summed E-state index contributed by atoms with van der Waals surface area (Å²) in [5.74, 6) is 0.544. The molecule has 0 heterocycles. The normalized spacial score (nSPS) is 26.3. The molecule has 1 fully saturated rings. The number of carbonyl (C=O) groups excluding carboxylic acids is 1. The van der Waals surface area contributed by atoms with E-state index < -0.39 is 5.54 Å². The third-order valence-corrected chi connectivity index (χ3v) is 4.95. The van der Waals surface area contributed by atoms with Crippen LogP contribution in [0.15, 0.2) is 27.1 Å². The summed E-state index contributed by atoms with van der Waals surface area (Å²) in [6.07, 6.45) is 3.77. The van der Waals surface area contributed by atoms with Gasteiger partial charge in [-0.1, -0.05) is 38.8 Å². The number of hydrogen-bond acceptors (Lipinski definition) is 2. The van der Waals surface area contributed by atoms with Gasteiger partial charge in [-0.3, -0.25) is 4.79 Å². The molecule has 5 heteroatoms. The highest BCUT2D eigenvalue weighted by molar-refractivity contribution is 9.11. The Bertz CT molecular complexity index is 476. The second-order valence-electron chi connectivity index (χ2n) is 5.73. The van der Waals surface area contributed by atoms with Crippen LogP contribution in [-0.2, 0) is 0 Å². The predicted octanol–water partition coefficient (Wildman–Crippen LogP) is 3.88. The molecule has 1 amide bonds. The van der Waals surface area contributed by atoms with Crippen molar-refractivity contribution in [2.75, 3.05) is 6.61 Å². The molecule has 0 saturated heterocycles. The molecular weight excluding hydrogens is 386 g/mol. The maximum Gasteiger partial charge on any atom is 0.251 e. The van der Waals surface area contributed by atoms with Crippen molar-refractivity contribution in [2.45, 2.75) is 38.1 Å². The van der Waals surface area contributed by atoms with Crippen LogP contribution in [-0.4, -0.2) is 23.2 Å². The van der Waals surface area contributed by atoms with Gasteiger partial charge in [0.2, 0.25) is 0 Å². The summed E-state index contributed by atoms with van der Waals surface area (Å²) in [5.41, 5.74) is 0.135. The summed E-state index contributed by atoms with van der Waals surface area (Å²) >= 11 is 6.77. The fourth-order valence-electron chi connectivity index (χ4n) is 2.64. The van der Waals surface area contributed by atoms with Crippen molar-refractivity contribution in [2.24, 2.45) is 5.92 Å². The minimum absolute atomic E-state index is 0.000628. The van der Waals surface area contributed by atoms with Crippen molar-refractivity contribution >= 4 is 37.8 Å². The first kappa shape index (κ1) is 16.0. The average molecular weight is 405 g/mol. The van der Waals surface area contributed by atoms with Crippen LogP contribution < -0.4 is 5.32 Å². The minimum Gasteiger partial charge on any atom is -0.394 e. The van der Waals surface area contributed by atoms with E-state index in [1.54, 1.807) is 12.1 Å². The van der Waals surface area contributed by atoms with Crippen LogP contribution in [0.1, 0.15) is 43.0 Å². The Labute approximate surface area is 136 Å². The standard InChI is InChI=1S/C15H19Br2NO2/c1-10-2-4-15(9-19,5-3-10)18-14(20)11-6-12(16)8-13(17)7-11/h6-8,10,19H,2-5,9H2,1H3,(H,18,20). The number of amides is 1. The zero-order valence-corrected chi connectivity index (χ0v) is 14.6. The molecule has 2 rings (SSSR count). The third-order valence-electron chi connectivity index (χ3n) is 4.04. The van der Waals surface area contributed by atoms with Gasteiger partial charge >= 0.3 is 0 Å². The van der Waals surface area contributed by atoms with Gasteiger partial charge in [-0.2, -0.15) is 0 Å². The van der Waals surface area contributed by atoms with Gasteiger partial charge in [-0.05, 0) is 49.8 Å². The molecule has 20 heavy (non-hydrogen) atoms. The molecule has 0 bridgehead atoms. The van der Waals surface area contributed by atoms with E-state index in [0.717, 1.165) is 34.6 Å². The predicted molar refractivity (Wildman–Crippen MR) is 86.8 cm³/mol. The Kier molecular flexibility index (Phi) is 5.26. The van der Waals surface area contributed by atoms with E-state index in [9.17, 15) is 9.90 Å². The smallest absolute Gasteiger partial charge is 0.251 e. The fraction of sp³-hybridized carbons (Fsp3) is 0.533. The van der Waals surface area contributed by atoms with E-state index in [-0.39, 0.29) is 12.5 Å². The Balaban J connectivity index is 2.13. The molecule has 0 unspecified atom stereocenters. The van der Waals surface area contributed by atoms with Gasteiger partial charge in [0.25, 0.3) is 5.91 Å². The molecule has 2 N–H and O–H groups in total. The van der Waals surface area contributed by atoms with Gasteiger partial charge in [-0.15, -0.1) is 0 Å². The Morgan fingerprint density at radius 1 is 1.30 bits per heavy atom. The van der Waals surface area contributed by atoms with Crippen LogP contribution in [0.4, 0.5) is 0 Å². The molecule has 1 aliphatic rings. The molecule has 0 aliphatic heterocycles. The van der Waals surface area contributed by atoms with Gasteiger partial charge in [0, 0.05) is 14.5 Å². The molecule has 0 aromatic heterocycles. The van der Waals surface area contributed by atoms with E-state index in [4.69, 9.17) is 0 Å². The number of carbonyl (C=O) groups is 1. The molecule has 0 spiro atoms. The van der Waals surface area contributed by atoms with E-state index in [1.807, 2.05) is 6.07 Å². The first-order valence-electron chi connectivity index (χ1n) is 6.83. The lowest BCUT2D eigenvalue weighted by atomic mass is 9.77. The van der Waals surface area contributed by atoms with Crippen LogP contribution in [0.2, 0.25) is 0 Å². The van der Waals surface area contributed by atoms with Crippen molar-refractivity contribution in [1.82, 2.24) is 5.32 Å². The summed E-state index contributed by atoms with van der Waals surface area (Å²) < 4.78 is 1.71. The number of hydrogen-bond donors (Lipinski definition) is 2. The molecule has 0 atom stereocenters. The lowest BCUT2D eigenvalue weighted by molar-refractivity contribution is 0.0717. The minimum atomic E-state index is -0.460. The first-order valence-corrected chi connectivity index (χ1v) is 8.42. The highest BCUT2D eigenvalue weighted by atomic mass is 79.9. The average Bonchev–Trinajstić information content (AvgIpc) is 2.40. The summed E-state index contributed by atoms with van der Waals surface area (Å²) in [4.78, 5) is 12.4. The van der Waals surface area contributed by atoms with Crippen LogP contribution in [0.3, 0.4) is 0 Å². The highest BCUT2D eigenvalue weighted by Gasteiger charge is 2.35. The van der Waals surface area contributed by atoms with Crippen LogP contribution >= 0.6 is 31.9 Å². The van der Waals surface area contributed by atoms with Crippen molar-refractivity contribution in [3.8, 4) is 0 Å². The van der Waals surface area contributed by atoms with Gasteiger partial charge in [0.15, 0.2) is 0 Å². The number of aliphatic hydroxyl groups is 1. The van der Waals surface area contributed by atoms with Crippen molar-refractivity contribution in [3.05, 3.63) is 32.7 Å². The number of benzene rings is 1. The largest absolute Gasteiger partial charge is 0.394 e.